The molecule has 3 atom stereocenters. The van der Waals surface area contributed by atoms with Gasteiger partial charge >= 0.3 is 0 Å². The first-order valence-corrected chi connectivity index (χ1v) is 9.35. The van der Waals surface area contributed by atoms with E-state index in [9.17, 15) is 0 Å². The molecule has 5 nitrogen and oxygen atoms in total. The van der Waals surface area contributed by atoms with Crippen molar-refractivity contribution in [2.75, 3.05) is 13.1 Å². The third-order valence-electron chi connectivity index (χ3n) is 5.41. The van der Waals surface area contributed by atoms with Gasteiger partial charge in [-0.2, -0.15) is 0 Å². The SMILES string of the molecule is CCNC(=NCCn1ccnc1)NC1CCC2CCCCC2C1. The smallest absolute Gasteiger partial charge is 0.191 e. The van der Waals surface area contributed by atoms with Gasteiger partial charge in [0.1, 0.15) is 0 Å². The Balaban J connectivity index is 1.50. The van der Waals surface area contributed by atoms with Gasteiger partial charge in [0.15, 0.2) is 5.96 Å². The molecule has 23 heavy (non-hydrogen) atoms. The van der Waals surface area contributed by atoms with E-state index in [1.807, 2.05) is 18.7 Å². The van der Waals surface area contributed by atoms with E-state index >= 15 is 0 Å². The van der Waals surface area contributed by atoms with Crippen LogP contribution in [0.5, 0.6) is 0 Å². The van der Waals surface area contributed by atoms with Gasteiger partial charge in [0.25, 0.3) is 0 Å². The van der Waals surface area contributed by atoms with Gasteiger partial charge in [-0.25, -0.2) is 4.98 Å². The van der Waals surface area contributed by atoms with E-state index in [0.29, 0.717) is 6.04 Å². The van der Waals surface area contributed by atoms with E-state index in [2.05, 4.69) is 27.1 Å². The van der Waals surface area contributed by atoms with Crippen molar-refractivity contribution >= 4 is 5.96 Å². The van der Waals surface area contributed by atoms with Gasteiger partial charge in [-0.3, -0.25) is 4.99 Å². The van der Waals surface area contributed by atoms with Crippen molar-refractivity contribution in [2.24, 2.45) is 16.8 Å². The van der Waals surface area contributed by atoms with E-state index in [0.717, 1.165) is 37.4 Å². The summed E-state index contributed by atoms with van der Waals surface area (Å²) in [5.74, 6) is 2.93. The van der Waals surface area contributed by atoms with Crippen LogP contribution in [0.15, 0.2) is 23.7 Å². The summed E-state index contributed by atoms with van der Waals surface area (Å²) in [5.41, 5.74) is 0. The van der Waals surface area contributed by atoms with Crippen LogP contribution < -0.4 is 10.6 Å². The summed E-state index contributed by atoms with van der Waals surface area (Å²) in [6.45, 7) is 4.71. The largest absolute Gasteiger partial charge is 0.357 e. The summed E-state index contributed by atoms with van der Waals surface area (Å²) in [5, 5.41) is 7.08. The quantitative estimate of drug-likeness (QED) is 0.648. The highest BCUT2D eigenvalue weighted by Gasteiger charge is 2.32. The number of imidazole rings is 1. The lowest BCUT2D eigenvalue weighted by Gasteiger charge is -2.39. The zero-order chi connectivity index (χ0) is 15.9. The normalized spacial score (nSPS) is 28.2. The number of rotatable bonds is 5. The molecule has 1 aromatic rings. The standard InChI is InChI=1S/C18H31N5/c1-2-20-18(21-10-12-23-11-9-19-14-23)22-17-8-7-15-5-3-4-6-16(15)13-17/h9,11,14-17H,2-8,10,12-13H2,1H3,(H2,20,21,22). The van der Waals surface area contributed by atoms with Gasteiger partial charge < -0.3 is 15.2 Å². The van der Waals surface area contributed by atoms with E-state index in [1.54, 1.807) is 0 Å². The van der Waals surface area contributed by atoms with Crippen molar-refractivity contribution in [3.8, 4) is 0 Å². The Hall–Kier alpha value is -1.52. The molecule has 2 fully saturated rings. The molecule has 2 aliphatic rings. The molecule has 0 spiro atoms. The Labute approximate surface area is 140 Å². The molecular weight excluding hydrogens is 286 g/mol. The van der Waals surface area contributed by atoms with Gasteiger partial charge in [-0.05, 0) is 38.0 Å². The van der Waals surface area contributed by atoms with E-state index in [1.165, 1.54) is 44.9 Å². The molecule has 128 valence electrons. The van der Waals surface area contributed by atoms with Crippen LogP contribution in [-0.2, 0) is 6.54 Å². The molecule has 0 bridgehead atoms. The Morgan fingerprint density at radius 3 is 2.87 bits per heavy atom. The lowest BCUT2D eigenvalue weighted by molar-refractivity contribution is 0.150. The number of guanidine groups is 1. The Bertz CT molecular complexity index is 482. The van der Waals surface area contributed by atoms with E-state index < -0.39 is 0 Å². The Kier molecular flexibility index (Phi) is 5.94. The summed E-state index contributed by atoms with van der Waals surface area (Å²) >= 11 is 0. The first-order chi connectivity index (χ1) is 11.3. The van der Waals surface area contributed by atoms with Crippen molar-refractivity contribution in [1.82, 2.24) is 20.2 Å². The molecule has 1 heterocycles. The minimum absolute atomic E-state index is 0.598. The van der Waals surface area contributed by atoms with Crippen LogP contribution >= 0.6 is 0 Å². The van der Waals surface area contributed by atoms with Gasteiger partial charge in [0, 0.05) is 31.5 Å². The molecule has 0 aromatic carbocycles. The molecule has 1 aromatic heterocycles. The van der Waals surface area contributed by atoms with Crippen LogP contribution in [0.25, 0.3) is 0 Å². The number of nitrogens with zero attached hydrogens (tertiary/aromatic N) is 3. The average molecular weight is 317 g/mol. The maximum absolute atomic E-state index is 4.73. The number of nitrogens with one attached hydrogen (secondary N) is 2. The molecule has 2 saturated carbocycles. The van der Waals surface area contributed by atoms with Crippen LogP contribution in [0.3, 0.4) is 0 Å². The third kappa shape index (κ3) is 4.72. The van der Waals surface area contributed by atoms with Crippen molar-refractivity contribution in [2.45, 2.75) is 64.5 Å². The molecule has 0 aliphatic heterocycles. The van der Waals surface area contributed by atoms with Crippen LogP contribution in [0.2, 0.25) is 0 Å². The lowest BCUT2D eigenvalue weighted by atomic mass is 9.69. The fraction of sp³-hybridized carbons (Fsp3) is 0.778. The molecule has 5 heteroatoms. The maximum atomic E-state index is 4.73. The lowest BCUT2D eigenvalue weighted by Crippen LogP contribution is -2.47. The summed E-state index contributed by atoms with van der Waals surface area (Å²) in [4.78, 5) is 8.80. The molecule has 0 amide bonds. The van der Waals surface area contributed by atoms with E-state index in [4.69, 9.17) is 4.99 Å². The van der Waals surface area contributed by atoms with Crippen molar-refractivity contribution in [3.63, 3.8) is 0 Å². The predicted molar refractivity (Wildman–Crippen MR) is 94.4 cm³/mol. The van der Waals surface area contributed by atoms with Gasteiger partial charge in [-0.1, -0.05) is 25.7 Å². The Morgan fingerprint density at radius 2 is 2.09 bits per heavy atom. The number of aromatic nitrogens is 2. The first-order valence-electron chi connectivity index (χ1n) is 9.35. The second kappa shape index (κ2) is 8.37. The highest BCUT2D eigenvalue weighted by molar-refractivity contribution is 5.80. The fourth-order valence-electron chi connectivity index (χ4n) is 4.21. The molecule has 2 aliphatic carbocycles. The highest BCUT2D eigenvalue weighted by Crippen LogP contribution is 2.40. The minimum atomic E-state index is 0.598. The highest BCUT2D eigenvalue weighted by atomic mass is 15.2. The summed E-state index contributed by atoms with van der Waals surface area (Å²) in [7, 11) is 0. The van der Waals surface area contributed by atoms with Crippen LogP contribution in [-0.4, -0.2) is 34.6 Å². The van der Waals surface area contributed by atoms with Crippen molar-refractivity contribution < 1.29 is 0 Å². The van der Waals surface area contributed by atoms with Gasteiger partial charge in [-0.15, -0.1) is 0 Å². The molecule has 2 N–H and O–H groups in total. The number of aliphatic imine (C=N–C) groups is 1. The molecule has 3 unspecified atom stereocenters. The Morgan fingerprint density at radius 1 is 1.22 bits per heavy atom. The number of hydrogen-bond donors (Lipinski definition) is 2. The molecular formula is C18H31N5. The fourth-order valence-corrected chi connectivity index (χ4v) is 4.21. The average Bonchev–Trinajstić information content (AvgIpc) is 3.08. The summed E-state index contributed by atoms with van der Waals surface area (Å²) in [6.07, 6.45) is 15.5. The number of hydrogen-bond acceptors (Lipinski definition) is 2. The first kappa shape index (κ1) is 16.3. The van der Waals surface area contributed by atoms with E-state index in [-0.39, 0.29) is 0 Å². The topological polar surface area (TPSA) is 54.2 Å². The van der Waals surface area contributed by atoms with Crippen LogP contribution in [0, 0.1) is 11.8 Å². The molecule has 3 rings (SSSR count). The summed E-state index contributed by atoms with van der Waals surface area (Å²) in [6, 6.07) is 0.598. The van der Waals surface area contributed by atoms with Gasteiger partial charge in [0.2, 0.25) is 0 Å². The molecule has 0 saturated heterocycles. The van der Waals surface area contributed by atoms with Crippen LogP contribution in [0.1, 0.15) is 51.9 Å². The van der Waals surface area contributed by atoms with Crippen LogP contribution in [0.4, 0.5) is 0 Å². The molecule has 0 radical (unpaired) electrons. The van der Waals surface area contributed by atoms with Gasteiger partial charge in [0.05, 0.1) is 12.9 Å². The zero-order valence-corrected chi connectivity index (χ0v) is 14.4. The summed E-state index contributed by atoms with van der Waals surface area (Å²) < 4.78 is 2.07. The number of fused-ring (bicyclic) bond motifs is 1. The van der Waals surface area contributed by atoms with Crippen molar-refractivity contribution in [1.29, 1.82) is 0 Å². The van der Waals surface area contributed by atoms with Crippen molar-refractivity contribution in [3.05, 3.63) is 18.7 Å². The zero-order valence-electron chi connectivity index (χ0n) is 14.4. The second-order valence-electron chi connectivity index (χ2n) is 7.02. The second-order valence-corrected chi connectivity index (χ2v) is 7.02. The monoisotopic (exact) mass is 317 g/mol. The maximum Gasteiger partial charge on any atom is 0.191 e. The third-order valence-corrected chi connectivity index (χ3v) is 5.41. The predicted octanol–water partition coefficient (Wildman–Crippen LogP) is 2.80. The minimum Gasteiger partial charge on any atom is -0.357 e.